The van der Waals surface area contributed by atoms with E-state index in [4.69, 9.17) is 0 Å². The second-order valence-corrected chi connectivity index (χ2v) is 8.39. The van der Waals surface area contributed by atoms with Crippen molar-refractivity contribution < 1.29 is 0 Å². The van der Waals surface area contributed by atoms with Crippen LogP contribution < -0.4 is 4.90 Å². The van der Waals surface area contributed by atoms with E-state index >= 15 is 0 Å². The zero-order valence-electron chi connectivity index (χ0n) is 19.8. The monoisotopic (exact) mass is 429 g/mol. The van der Waals surface area contributed by atoms with Crippen LogP contribution in [0.2, 0.25) is 0 Å². The molecular weight excluding hydrogens is 398 g/mol. The molecule has 0 amide bonds. The topological polar surface area (TPSA) is 3.24 Å². The van der Waals surface area contributed by atoms with Crippen molar-refractivity contribution in [3.63, 3.8) is 0 Å². The van der Waals surface area contributed by atoms with Gasteiger partial charge in [0.05, 0.1) is 6.04 Å². The smallest absolute Gasteiger partial charge is 0.0635 e. The van der Waals surface area contributed by atoms with Crippen LogP contribution in [-0.2, 0) is 0 Å². The van der Waals surface area contributed by atoms with E-state index in [1.54, 1.807) is 0 Å². The predicted molar refractivity (Wildman–Crippen MR) is 144 cm³/mol. The standard InChI is InChI=1S/C32H31N/c1-5-14-26(6-2)24(3)23-25(4)33(32-22-13-18-28-16-8-11-20-30(28)32)31-21-12-9-17-27-15-7-10-19-29(27)31/h5-8,10-20,22-23,31H,2,21H2,1,3-4H3/b14-5-,25-23+,26-24+. The summed E-state index contributed by atoms with van der Waals surface area (Å²) in [5.74, 6) is 0. The fraction of sp³-hybridized carbons (Fsp3) is 0.156. The number of fused-ring (bicyclic) bond motifs is 2. The van der Waals surface area contributed by atoms with Crippen molar-refractivity contribution >= 4 is 22.5 Å². The van der Waals surface area contributed by atoms with Gasteiger partial charge in [0.15, 0.2) is 0 Å². The lowest BCUT2D eigenvalue weighted by molar-refractivity contribution is 0.684. The Balaban J connectivity index is 1.95. The van der Waals surface area contributed by atoms with Crippen molar-refractivity contribution in [1.82, 2.24) is 0 Å². The first-order chi connectivity index (χ1) is 16.1. The summed E-state index contributed by atoms with van der Waals surface area (Å²) in [6.45, 7) is 10.4. The lowest BCUT2D eigenvalue weighted by atomic mass is 9.95. The van der Waals surface area contributed by atoms with Crippen LogP contribution in [-0.4, -0.2) is 0 Å². The lowest BCUT2D eigenvalue weighted by Crippen LogP contribution is -2.27. The number of hydrogen-bond donors (Lipinski definition) is 0. The van der Waals surface area contributed by atoms with Crippen molar-refractivity contribution in [3.05, 3.63) is 137 Å². The normalized spacial score (nSPS) is 16.5. The maximum atomic E-state index is 4.01. The van der Waals surface area contributed by atoms with Gasteiger partial charge in [0.25, 0.3) is 0 Å². The molecule has 1 nitrogen and oxygen atoms in total. The zero-order chi connectivity index (χ0) is 23.2. The molecule has 1 unspecified atom stereocenters. The number of anilines is 1. The summed E-state index contributed by atoms with van der Waals surface area (Å²) in [5.41, 5.74) is 10.7. The summed E-state index contributed by atoms with van der Waals surface area (Å²) in [4.78, 5) is 2.50. The minimum Gasteiger partial charge on any atom is -0.337 e. The summed E-state index contributed by atoms with van der Waals surface area (Å²) in [6, 6.07) is 24.1. The number of hydrogen-bond acceptors (Lipinski definition) is 1. The minimum absolute atomic E-state index is 0.163. The van der Waals surface area contributed by atoms with E-state index in [1.807, 2.05) is 13.0 Å². The molecule has 1 aliphatic rings. The summed E-state index contributed by atoms with van der Waals surface area (Å²) < 4.78 is 0. The van der Waals surface area contributed by atoms with E-state index in [0.29, 0.717) is 0 Å². The minimum atomic E-state index is 0.163. The van der Waals surface area contributed by atoms with Gasteiger partial charge >= 0.3 is 0 Å². The fourth-order valence-corrected chi connectivity index (χ4v) is 4.67. The van der Waals surface area contributed by atoms with Gasteiger partial charge in [-0.05, 0) is 79.1 Å². The van der Waals surface area contributed by atoms with Crippen molar-refractivity contribution in [2.75, 3.05) is 4.90 Å². The van der Waals surface area contributed by atoms with Gasteiger partial charge in [-0.25, -0.2) is 0 Å². The fourth-order valence-electron chi connectivity index (χ4n) is 4.67. The average Bonchev–Trinajstić information content (AvgIpc) is 3.05. The van der Waals surface area contributed by atoms with Crippen LogP contribution >= 0.6 is 0 Å². The Bertz CT molecular complexity index is 1320. The molecule has 164 valence electrons. The maximum absolute atomic E-state index is 4.01. The highest BCUT2D eigenvalue weighted by Crippen LogP contribution is 2.40. The number of allylic oxidation sites excluding steroid dienone is 7. The van der Waals surface area contributed by atoms with Gasteiger partial charge in [-0.1, -0.05) is 85.5 Å². The molecule has 4 rings (SSSR count). The van der Waals surface area contributed by atoms with Gasteiger partial charge in [-0.3, -0.25) is 0 Å². The first-order valence-corrected chi connectivity index (χ1v) is 11.5. The summed E-state index contributed by atoms with van der Waals surface area (Å²) in [6.07, 6.45) is 13.5. The molecule has 3 aromatic rings. The lowest BCUT2D eigenvalue weighted by Gasteiger charge is -2.36. The van der Waals surface area contributed by atoms with Gasteiger partial charge < -0.3 is 4.90 Å². The Kier molecular flexibility index (Phi) is 6.93. The molecule has 0 aliphatic heterocycles. The SMILES string of the molecule is C=CC(/C=C\C)=C(C)\C=C(/C)N(c1cccc2ccccc12)C1CC=C=Cc2ccccc21. The molecule has 0 N–H and O–H groups in total. The number of rotatable bonds is 6. The molecule has 0 radical (unpaired) electrons. The van der Waals surface area contributed by atoms with Gasteiger partial charge in [0.2, 0.25) is 0 Å². The van der Waals surface area contributed by atoms with Crippen molar-refractivity contribution in [1.29, 1.82) is 0 Å². The molecule has 3 aromatic carbocycles. The predicted octanol–water partition coefficient (Wildman–Crippen LogP) is 8.94. The van der Waals surface area contributed by atoms with Crippen LogP contribution in [0.1, 0.15) is 44.4 Å². The molecule has 33 heavy (non-hydrogen) atoms. The Morgan fingerprint density at radius 3 is 2.58 bits per heavy atom. The maximum Gasteiger partial charge on any atom is 0.0635 e. The third-order valence-corrected chi connectivity index (χ3v) is 6.22. The van der Waals surface area contributed by atoms with Gasteiger partial charge in [0, 0.05) is 16.8 Å². The molecule has 0 aromatic heterocycles. The van der Waals surface area contributed by atoms with Crippen LogP contribution in [0.4, 0.5) is 5.69 Å². The van der Waals surface area contributed by atoms with Gasteiger partial charge in [-0.15, -0.1) is 5.73 Å². The highest BCUT2D eigenvalue weighted by molar-refractivity contribution is 5.95. The van der Waals surface area contributed by atoms with E-state index < -0.39 is 0 Å². The van der Waals surface area contributed by atoms with Crippen LogP contribution in [0.3, 0.4) is 0 Å². The first kappa shape index (κ1) is 22.4. The first-order valence-electron chi connectivity index (χ1n) is 11.5. The van der Waals surface area contributed by atoms with Crippen molar-refractivity contribution in [2.45, 2.75) is 33.2 Å². The zero-order valence-corrected chi connectivity index (χ0v) is 19.8. The molecule has 0 heterocycles. The van der Waals surface area contributed by atoms with E-state index in [2.05, 4.69) is 128 Å². The van der Waals surface area contributed by atoms with Gasteiger partial charge in [0.1, 0.15) is 0 Å². The Morgan fingerprint density at radius 1 is 1.00 bits per heavy atom. The third kappa shape index (κ3) is 4.70. The Labute approximate surface area is 198 Å². The second kappa shape index (κ2) is 10.2. The highest BCUT2D eigenvalue weighted by atomic mass is 15.2. The molecule has 0 saturated heterocycles. The quantitative estimate of drug-likeness (QED) is 0.279. The Hall–Kier alpha value is -3.80. The van der Waals surface area contributed by atoms with E-state index in [1.165, 1.54) is 38.9 Å². The summed E-state index contributed by atoms with van der Waals surface area (Å²) in [7, 11) is 0. The van der Waals surface area contributed by atoms with E-state index in [0.717, 1.165) is 12.0 Å². The molecule has 0 spiro atoms. The Morgan fingerprint density at radius 2 is 1.76 bits per heavy atom. The van der Waals surface area contributed by atoms with Crippen molar-refractivity contribution in [2.24, 2.45) is 0 Å². The number of benzene rings is 3. The van der Waals surface area contributed by atoms with Crippen LogP contribution in [0.15, 0.2) is 126 Å². The van der Waals surface area contributed by atoms with Gasteiger partial charge in [-0.2, -0.15) is 0 Å². The van der Waals surface area contributed by atoms with E-state index in [9.17, 15) is 0 Å². The highest BCUT2D eigenvalue weighted by Gasteiger charge is 2.25. The van der Waals surface area contributed by atoms with Crippen LogP contribution in [0.25, 0.3) is 16.8 Å². The van der Waals surface area contributed by atoms with Crippen LogP contribution in [0.5, 0.6) is 0 Å². The molecule has 1 heteroatoms. The second-order valence-electron chi connectivity index (χ2n) is 8.39. The largest absolute Gasteiger partial charge is 0.337 e. The van der Waals surface area contributed by atoms with Crippen LogP contribution in [0, 0.1) is 0 Å². The molecular formula is C32H31N. The van der Waals surface area contributed by atoms with E-state index in [-0.39, 0.29) is 6.04 Å². The van der Waals surface area contributed by atoms with Crippen molar-refractivity contribution in [3.8, 4) is 0 Å². The third-order valence-electron chi connectivity index (χ3n) is 6.22. The molecule has 0 saturated carbocycles. The summed E-state index contributed by atoms with van der Waals surface area (Å²) >= 11 is 0. The summed E-state index contributed by atoms with van der Waals surface area (Å²) in [5, 5.41) is 2.50. The average molecular weight is 430 g/mol. The molecule has 0 bridgehead atoms. The number of nitrogens with zero attached hydrogens (tertiary/aromatic N) is 1. The molecule has 1 atom stereocenters. The molecule has 1 aliphatic carbocycles. The molecule has 0 fully saturated rings.